The molecule has 9 nitrogen and oxygen atoms in total. The molecule has 2 aromatic heterocycles. The third-order valence-corrected chi connectivity index (χ3v) is 8.57. The van der Waals surface area contributed by atoms with Crippen LogP contribution in [0.2, 0.25) is 10.0 Å². The summed E-state index contributed by atoms with van der Waals surface area (Å²) in [5.74, 6) is -1.00. The molecule has 0 bridgehead atoms. The highest BCUT2D eigenvalue weighted by Crippen LogP contribution is 2.36. The Hall–Kier alpha value is -2.66. The number of ketones is 1. The van der Waals surface area contributed by atoms with E-state index >= 15 is 0 Å². The van der Waals surface area contributed by atoms with E-state index in [9.17, 15) is 23.1 Å². The number of rotatable bonds is 7. The molecule has 0 radical (unpaired) electrons. The van der Waals surface area contributed by atoms with Gasteiger partial charge in [-0.05, 0) is 44.0 Å². The minimum absolute atomic E-state index is 0.0871. The van der Waals surface area contributed by atoms with Gasteiger partial charge in [0.05, 0.1) is 10.7 Å². The number of sulfonamides is 1. The van der Waals surface area contributed by atoms with Crippen molar-refractivity contribution in [3.63, 3.8) is 0 Å². The van der Waals surface area contributed by atoms with E-state index in [0.29, 0.717) is 29.2 Å². The second-order valence-electron chi connectivity index (χ2n) is 7.91. The van der Waals surface area contributed by atoms with E-state index < -0.39 is 22.0 Å². The molecule has 1 aliphatic heterocycles. The Morgan fingerprint density at radius 2 is 2.00 bits per heavy atom. The summed E-state index contributed by atoms with van der Waals surface area (Å²) in [6.45, 7) is 3.08. The molecule has 1 unspecified atom stereocenters. The van der Waals surface area contributed by atoms with Crippen molar-refractivity contribution in [1.82, 2.24) is 13.7 Å². The summed E-state index contributed by atoms with van der Waals surface area (Å²) in [6.07, 6.45) is 2.36. The fourth-order valence-electron chi connectivity index (χ4n) is 4.15. The molecule has 180 valence electrons. The highest BCUT2D eigenvalue weighted by Gasteiger charge is 2.40. The molecule has 34 heavy (non-hydrogen) atoms. The highest BCUT2D eigenvalue weighted by molar-refractivity contribution is 7.89. The van der Waals surface area contributed by atoms with Crippen molar-refractivity contribution in [2.45, 2.75) is 44.2 Å². The Morgan fingerprint density at radius 1 is 1.26 bits per heavy atom. The van der Waals surface area contributed by atoms with Crippen LogP contribution in [0.15, 0.2) is 35.4 Å². The molecular formula is C22H21Cl2N3O6S. The van der Waals surface area contributed by atoms with Crippen LogP contribution in [0, 0.1) is 6.92 Å². The van der Waals surface area contributed by atoms with Crippen LogP contribution in [0.5, 0.6) is 5.75 Å². The molecule has 1 saturated heterocycles. The van der Waals surface area contributed by atoms with Crippen LogP contribution in [0.25, 0.3) is 5.65 Å². The molecule has 0 saturated carbocycles. The topological polar surface area (TPSA) is 118 Å². The number of aromatic nitrogens is 2. The molecule has 0 spiro atoms. The van der Waals surface area contributed by atoms with E-state index in [1.54, 1.807) is 29.7 Å². The summed E-state index contributed by atoms with van der Waals surface area (Å²) in [5, 5.41) is 9.46. The number of nitrogens with zero attached hydrogens (tertiary/aromatic N) is 3. The van der Waals surface area contributed by atoms with Crippen molar-refractivity contribution in [1.29, 1.82) is 0 Å². The van der Waals surface area contributed by atoms with E-state index in [1.807, 2.05) is 0 Å². The van der Waals surface area contributed by atoms with Crippen LogP contribution in [0.1, 0.15) is 41.5 Å². The van der Waals surface area contributed by atoms with E-state index in [2.05, 4.69) is 4.98 Å². The highest BCUT2D eigenvalue weighted by atomic mass is 35.5. The minimum atomic E-state index is -4.18. The first kappa shape index (κ1) is 24.5. The summed E-state index contributed by atoms with van der Waals surface area (Å²) < 4.78 is 34.9. The van der Waals surface area contributed by atoms with Gasteiger partial charge < -0.3 is 9.84 Å². The first-order valence-electron chi connectivity index (χ1n) is 10.4. The monoisotopic (exact) mass is 525 g/mol. The summed E-state index contributed by atoms with van der Waals surface area (Å²) >= 11 is 12.8. The van der Waals surface area contributed by atoms with Gasteiger partial charge in [-0.2, -0.15) is 4.31 Å². The number of carbonyl (C=O) groups is 2. The standard InChI is InChI=1S/C22H21Cl2N3O6S/c1-12-20(13(2)28)26-9-4-6-17(21(26)25-12)33-11-14-15(23)7-8-18(19(14)24)34(31,32)27-10-3-5-16(27)22(29)30/h4,6-9,16H,3,5,10-11H2,1-2H3,(H,29,30). The van der Waals surface area contributed by atoms with Crippen molar-refractivity contribution >= 4 is 50.6 Å². The lowest BCUT2D eigenvalue weighted by Crippen LogP contribution is -2.40. The van der Waals surface area contributed by atoms with Gasteiger partial charge in [0.1, 0.15) is 23.2 Å². The average molecular weight is 526 g/mol. The van der Waals surface area contributed by atoms with Crippen LogP contribution < -0.4 is 4.74 Å². The Bertz CT molecular complexity index is 1420. The van der Waals surface area contributed by atoms with Gasteiger partial charge in [0.25, 0.3) is 0 Å². The maximum Gasteiger partial charge on any atom is 0.322 e. The van der Waals surface area contributed by atoms with Gasteiger partial charge in [0, 0.05) is 30.3 Å². The number of hydrogen-bond acceptors (Lipinski definition) is 6. The van der Waals surface area contributed by atoms with Gasteiger partial charge in [-0.1, -0.05) is 23.2 Å². The lowest BCUT2D eigenvalue weighted by Gasteiger charge is -2.22. The second-order valence-corrected chi connectivity index (χ2v) is 10.6. The SMILES string of the molecule is CC(=O)c1c(C)nc2c(OCc3c(Cl)ccc(S(=O)(=O)N4CCCC4C(=O)O)c3Cl)cccn12. The summed E-state index contributed by atoms with van der Waals surface area (Å²) in [7, 11) is -4.18. The van der Waals surface area contributed by atoms with Gasteiger partial charge in [-0.25, -0.2) is 13.4 Å². The van der Waals surface area contributed by atoms with Gasteiger partial charge in [-0.3, -0.25) is 14.0 Å². The fourth-order valence-corrected chi connectivity index (χ4v) is 6.67. The number of benzene rings is 1. The molecule has 1 N–H and O–H groups in total. The maximum absolute atomic E-state index is 13.2. The number of pyridine rings is 1. The summed E-state index contributed by atoms with van der Waals surface area (Å²) in [6, 6.07) is 4.86. The minimum Gasteiger partial charge on any atom is -0.485 e. The van der Waals surface area contributed by atoms with Crippen molar-refractivity contribution in [3.8, 4) is 5.75 Å². The Labute approximate surface area is 205 Å². The van der Waals surface area contributed by atoms with Crippen LogP contribution in [-0.2, 0) is 21.4 Å². The Balaban J connectivity index is 1.69. The van der Waals surface area contributed by atoms with Crippen molar-refractivity contribution in [2.24, 2.45) is 0 Å². The van der Waals surface area contributed by atoms with Crippen molar-refractivity contribution < 1.29 is 27.9 Å². The quantitative estimate of drug-likeness (QED) is 0.463. The number of carboxylic acids is 1. The number of aryl methyl sites for hydroxylation is 1. The zero-order chi connectivity index (χ0) is 24.8. The van der Waals surface area contributed by atoms with E-state index in [4.69, 9.17) is 27.9 Å². The largest absolute Gasteiger partial charge is 0.485 e. The first-order valence-corrected chi connectivity index (χ1v) is 12.6. The fraction of sp³-hybridized carbons (Fsp3) is 0.318. The number of Topliss-reactive ketones (excluding diaryl/α,β-unsaturated/α-hetero) is 1. The predicted molar refractivity (Wildman–Crippen MR) is 125 cm³/mol. The number of carbonyl (C=O) groups excluding carboxylic acids is 1. The predicted octanol–water partition coefficient (Wildman–Crippen LogP) is 3.97. The molecular weight excluding hydrogens is 505 g/mol. The summed E-state index contributed by atoms with van der Waals surface area (Å²) in [5.41, 5.74) is 1.63. The van der Waals surface area contributed by atoms with Gasteiger partial charge >= 0.3 is 5.97 Å². The van der Waals surface area contributed by atoms with Gasteiger partial charge in [0.2, 0.25) is 10.0 Å². The third-order valence-electron chi connectivity index (χ3n) is 5.72. The zero-order valence-corrected chi connectivity index (χ0v) is 20.6. The number of ether oxygens (including phenoxy) is 1. The second kappa shape index (κ2) is 9.18. The smallest absolute Gasteiger partial charge is 0.322 e. The number of fused-ring (bicyclic) bond motifs is 1. The lowest BCUT2D eigenvalue weighted by atomic mass is 10.2. The van der Waals surface area contributed by atoms with Crippen LogP contribution >= 0.6 is 23.2 Å². The third kappa shape index (κ3) is 4.15. The molecule has 0 aliphatic carbocycles. The van der Waals surface area contributed by atoms with Crippen molar-refractivity contribution in [3.05, 3.63) is 57.5 Å². The normalized spacial score (nSPS) is 16.8. The van der Waals surface area contributed by atoms with Crippen LogP contribution in [0.4, 0.5) is 0 Å². The molecule has 0 amide bonds. The van der Waals surface area contributed by atoms with Gasteiger partial charge in [-0.15, -0.1) is 0 Å². The Kier molecular flexibility index (Phi) is 6.61. The molecule has 1 fully saturated rings. The molecule has 3 aromatic rings. The number of halogens is 2. The molecule has 1 aliphatic rings. The molecule has 12 heteroatoms. The first-order chi connectivity index (χ1) is 16.0. The van der Waals surface area contributed by atoms with E-state index in [-0.39, 0.29) is 45.9 Å². The number of imidazole rings is 1. The van der Waals surface area contributed by atoms with Gasteiger partial charge in [0.15, 0.2) is 17.2 Å². The van der Waals surface area contributed by atoms with Crippen molar-refractivity contribution in [2.75, 3.05) is 6.54 Å². The average Bonchev–Trinajstić information content (AvgIpc) is 3.38. The lowest BCUT2D eigenvalue weighted by molar-refractivity contribution is -0.140. The number of hydrogen-bond donors (Lipinski definition) is 1. The zero-order valence-electron chi connectivity index (χ0n) is 18.3. The van der Waals surface area contributed by atoms with E-state index in [0.717, 1.165) is 4.31 Å². The number of aliphatic carboxylic acids is 1. The van der Waals surface area contributed by atoms with E-state index in [1.165, 1.54) is 19.1 Å². The van der Waals surface area contributed by atoms with Crippen LogP contribution in [0.3, 0.4) is 0 Å². The Morgan fingerprint density at radius 3 is 2.68 bits per heavy atom. The molecule has 3 heterocycles. The molecule has 1 aromatic carbocycles. The molecule has 1 atom stereocenters. The van der Waals surface area contributed by atoms with Crippen LogP contribution in [-0.4, -0.2) is 51.6 Å². The molecule has 4 rings (SSSR count). The maximum atomic E-state index is 13.2. The number of carboxylic acid groups (broad SMARTS) is 1. The summed E-state index contributed by atoms with van der Waals surface area (Å²) in [4.78, 5) is 27.7.